The van der Waals surface area contributed by atoms with E-state index in [-0.39, 0.29) is 0 Å². The lowest BCUT2D eigenvalue weighted by molar-refractivity contribution is 0.313. The van der Waals surface area contributed by atoms with Gasteiger partial charge < -0.3 is 20.5 Å². The average Bonchev–Trinajstić information content (AvgIpc) is 2.99. The van der Waals surface area contributed by atoms with Crippen molar-refractivity contribution in [3.63, 3.8) is 0 Å². The van der Waals surface area contributed by atoms with Crippen LogP contribution in [-0.2, 0) is 0 Å². The summed E-state index contributed by atoms with van der Waals surface area (Å²) in [6.07, 6.45) is 3.81. The van der Waals surface area contributed by atoms with Crippen molar-refractivity contribution in [1.29, 1.82) is 0 Å². The summed E-state index contributed by atoms with van der Waals surface area (Å²) in [5.74, 6) is 0.296. The Morgan fingerprint density at radius 2 is 1.96 bits per heavy atom. The zero-order valence-electron chi connectivity index (χ0n) is 14.0. The van der Waals surface area contributed by atoms with Gasteiger partial charge in [0, 0.05) is 49.8 Å². The number of nitrogen functional groups attached to an aromatic ring is 1. The van der Waals surface area contributed by atoms with Crippen LogP contribution >= 0.6 is 0 Å². The summed E-state index contributed by atoms with van der Waals surface area (Å²) < 4.78 is 0. The lowest BCUT2D eigenvalue weighted by Gasteiger charge is -2.34. The van der Waals surface area contributed by atoms with Crippen LogP contribution in [0.5, 0.6) is 0 Å². The Balaban J connectivity index is 1.85. The SMILES string of the molecule is Cc1cc(-c2c[nH]c3nccc(N4CCN(C)CC4)c23)nc(N)n1. The number of piperazine rings is 1. The van der Waals surface area contributed by atoms with Crippen molar-refractivity contribution in [1.82, 2.24) is 24.8 Å². The van der Waals surface area contributed by atoms with Gasteiger partial charge in [-0.1, -0.05) is 0 Å². The van der Waals surface area contributed by atoms with Crippen LogP contribution in [0.2, 0.25) is 0 Å². The van der Waals surface area contributed by atoms with E-state index in [9.17, 15) is 0 Å². The maximum absolute atomic E-state index is 5.84. The van der Waals surface area contributed by atoms with Gasteiger partial charge in [0.05, 0.1) is 16.8 Å². The number of aryl methyl sites for hydroxylation is 1. The normalized spacial score (nSPS) is 16.0. The van der Waals surface area contributed by atoms with Gasteiger partial charge in [0.25, 0.3) is 0 Å². The molecular formula is C17H21N7. The number of fused-ring (bicyclic) bond motifs is 1. The number of pyridine rings is 1. The molecule has 1 fully saturated rings. The maximum atomic E-state index is 5.84. The summed E-state index contributed by atoms with van der Waals surface area (Å²) in [4.78, 5) is 21.1. The number of nitrogens with two attached hydrogens (primary N) is 1. The first-order valence-electron chi connectivity index (χ1n) is 8.13. The number of nitrogens with zero attached hydrogens (tertiary/aromatic N) is 5. The molecule has 0 bridgehead atoms. The highest BCUT2D eigenvalue weighted by Crippen LogP contribution is 2.34. The molecule has 7 nitrogen and oxygen atoms in total. The average molecular weight is 323 g/mol. The lowest BCUT2D eigenvalue weighted by Crippen LogP contribution is -2.44. The van der Waals surface area contributed by atoms with Crippen molar-refractivity contribution in [2.24, 2.45) is 0 Å². The number of rotatable bonds is 2. The number of hydrogen-bond acceptors (Lipinski definition) is 6. The molecule has 0 aromatic carbocycles. The topological polar surface area (TPSA) is 87.0 Å². The number of anilines is 2. The predicted octanol–water partition coefficient (Wildman–Crippen LogP) is 1.66. The van der Waals surface area contributed by atoms with Gasteiger partial charge in [0.15, 0.2) is 0 Å². The van der Waals surface area contributed by atoms with Crippen molar-refractivity contribution in [3.05, 3.63) is 30.2 Å². The molecule has 3 N–H and O–H groups in total. The molecule has 0 radical (unpaired) electrons. The molecule has 1 aliphatic rings. The minimum atomic E-state index is 0.296. The first-order chi connectivity index (χ1) is 11.6. The van der Waals surface area contributed by atoms with Crippen LogP contribution in [0, 0.1) is 6.92 Å². The summed E-state index contributed by atoms with van der Waals surface area (Å²) in [6, 6.07) is 4.04. The van der Waals surface area contributed by atoms with E-state index in [1.54, 1.807) is 0 Å². The van der Waals surface area contributed by atoms with Crippen molar-refractivity contribution < 1.29 is 0 Å². The van der Waals surface area contributed by atoms with Crippen molar-refractivity contribution in [2.75, 3.05) is 43.9 Å². The van der Waals surface area contributed by atoms with E-state index in [1.165, 1.54) is 5.69 Å². The van der Waals surface area contributed by atoms with Crippen LogP contribution in [0.25, 0.3) is 22.3 Å². The van der Waals surface area contributed by atoms with Gasteiger partial charge in [0.1, 0.15) is 5.65 Å². The third-order valence-electron chi connectivity index (χ3n) is 4.54. The van der Waals surface area contributed by atoms with Crippen LogP contribution in [0.3, 0.4) is 0 Å². The van der Waals surface area contributed by atoms with Crippen LogP contribution in [0.1, 0.15) is 5.69 Å². The van der Waals surface area contributed by atoms with Gasteiger partial charge in [-0.3, -0.25) is 0 Å². The van der Waals surface area contributed by atoms with Crippen LogP contribution in [0.4, 0.5) is 11.6 Å². The zero-order valence-corrected chi connectivity index (χ0v) is 14.0. The fraction of sp³-hybridized carbons (Fsp3) is 0.353. The minimum absolute atomic E-state index is 0.296. The standard InChI is InChI=1S/C17H21N7/c1-11-9-13(22-17(18)21-11)12-10-20-16-15(12)14(3-4-19-16)24-7-5-23(2)6-8-24/h3-4,9-10H,5-8H2,1-2H3,(H,19,20)(H2,18,21,22). The molecule has 3 aromatic rings. The van der Waals surface area contributed by atoms with Crippen LogP contribution in [0.15, 0.2) is 24.5 Å². The smallest absolute Gasteiger partial charge is 0.220 e. The summed E-state index contributed by atoms with van der Waals surface area (Å²) in [5, 5.41) is 1.10. The molecule has 0 saturated carbocycles. The lowest BCUT2D eigenvalue weighted by atomic mass is 10.1. The third-order valence-corrected chi connectivity index (χ3v) is 4.54. The second-order valence-electron chi connectivity index (χ2n) is 6.30. The van der Waals surface area contributed by atoms with Gasteiger partial charge in [-0.15, -0.1) is 0 Å². The van der Waals surface area contributed by atoms with E-state index in [2.05, 4.69) is 42.8 Å². The number of H-pyrrole nitrogens is 1. The second-order valence-corrected chi connectivity index (χ2v) is 6.30. The van der Waals surface area contributed by atoms with Gasteiger partial charge in [-0.05, 0) is 26.1 Å². The highest BCUT2D eigenvalue weighted by molar-refractivity contribution is 6.02. The summed E-state index contributed by atoms with van der Waals surface area (Å²) in [6.45, 7) is 6.05. The van der Waals surface area contributed by atoms with Gasteiger partial charge in [-0.25, -0.2) is 15.0 Å². The van der Waals surface area contributed by atoms with Gasteiger partial charge >= 0.3 is 0 Å². The van der Waals surface area contributed by atoms with Crippen LogP contribution < -0.4 is 10.6 Å². The molecule has 0 atom stereocenters. The van der Waals surface area contributed by atoms with E-state index >= 15 is 0 Å². The molecule has 4 heterocycles. The third kappa shape index (κ3) is 2.56. The number of nitrogens with one attached hydrogen (secondary N) is 1. The first kappa shape index (κ1) is 14.9. The molecule has 0 amide bonds. The Morgan fingerprint density at radius 3 is 2.71 bits per heavy atom. The molecule has 3 aromatic heterocycles. The predicted molar refractivity (Wildman–Crippen MR) is 96.0 cm³/mol. The second kappa shape index (κ2) is 5.76. The highest BCUT2D eigenvalue weighted by atomic mass is 15.2. The Kier molecular flexibility index (Phi) is 3.57. The largest absolute Gasteiger partial charge is 0.368 e. The molecule has 7 heteroatoms. The molecule has 1 aliphatic heterocycles. The Labute approximate surface area is 140 Å². The molecule has 0 aliphatic carbocycles. The fourth-order valence-electron chi connectivity index (χ4n) is 3.28. The Hall–Kier alpha value is -2.67. The van der Waals surface area contributed by atoms with E-state index in [0.717, 1.165) is 54.2 Å². The fourth-order valence-corrected chi connectivity index (χ4v) is 3.28. The Morgan fingerprint density at radius 1 is 1.17 bits per heavy atom. The zero-order chi connectivity index (χ0) is 16.7. The first-order valence-corrected chi connectivity index (χ1v) is 8.13. The molecule has 0 unspecified atom stereocenters. The number of aromatic amines is 1. The number of aromatic nitrogens is 4. The van der Waals surface area contributed by atoms with Crippen molar-refractivity contribution >= 4 is 22.7 Å². The van der Waals surface area contributed by atoms with E-state index in [0.29, 0.717) is 5.95 Å². The molecule has 1 saturated heterocycles. The molecular weight excluding hydrogens is 302 g/mol. The molecule has 24 heavy (non-hydrogen) atoms. The summed E-state index contributed by atoms with van der Waals surface area (Å²) in [5.41, 5.74) is 10.6. The number of hydrogen-bond donors (Lipinski definition) is 2. The molecule has 4 rings (SSSR count). The summed E-state index contributed by atoms with van der Waals surface area (Å²) in [7, 11) is 2.16. The van der Waals surface area contributed by atoms with Crippen molar-refractivity contribution in [3.8, 4) is 11.3 Å². The van der Waals surface area contributed by atoms with Crippen molar-refractivity contribution in [2.45, 2.75) is 6.92 Å². The monoisotopic (exact) mass is 323 g/mol. The molecule has 124 valence electrons. The summed E-state index contributed by atoms with van der Waals surface area (Å²) >= 11 is 0. The van der Waals surface area contributed by atoms with E-state index in [4.69, 9.17) is 5.73 Å². The van der Waals surface area contributed by atoms with Gasteiger partial charge in [0.2, 0.25) is 5.95 Å². The molecule has 0 spiro atoms. The quantitative estimate of drug-likeness (QED) is 0.746. The van der Waals surface area contributed by atoms with Gasteiger partial charge in [-0.2, -0.15) is 0 Å². The number of likely N-dealkylation sites (N-methyl/N-ethyl adjacent to an activating group) is 1. The van der Waals surface area contributed by atoms with E-state index in [1.807, 2.05) is 25.4 Å². The maximum Gasteiger partial charge on any atom is 0.220 e. The highest BCUT2D eigenvalue weighted by Gasteiger charge is 2.20. The minimum Gasteiger partial charge on any atom is -0.368 e. The Bertz CT molecular complexity index is 858. The van der Waals surface area contributed by atoms with E-state index < -0.39 is 0 Å². The van der Waals surface area contributed by atoms with Crippen LogP contribution in [-0.4, -0.2) is 58.1 Å².